The molecule has 1 aliphatic heterocycles. The van der Waals surface area contributed by atoms with Crippen LogP contribution in [0, 0.1) is 0 Å². The molecule has 0 spiro atoms. The molecular formula is C19H26NO2S+. The number of hydrogen-bond acceptors (Lipinski definition) is 2. The molecule has 2 aromatic rings. The number of sulfone groups is 1. The maximum atomic E-state index is 12.8. The van der Waals surface area contributed by atoms with Crippen molar-refractivity contribution in [3.05, 3.63) is 42.5 Å². The second-order valence-corrected chi connectivity index (χ2v) is 8.80. The Kier molecular flexibility index (Phi) is 5.02. The summed E-state index contributed by atoms with van der Waals surface area (Å²) in [6.07, 6.45) is 5.01. The van der Waals surface area contributed by atoms with E-state index in [1.54, 1.807) is 6.07 Å². The third kappa shape index (κ3) is 3.93. The van der Waals surface area contributed by atoms with Gasteiger partial charge in [-0.1, -0.05) is 30.3 Å². The quantitative estimate of drug-likeness (QED) is 0.934. The predicted octanol–water partition coefficient (Wildman–Crippen LogP) is 2.46. The Balaban J connectivity index is 1.79. The van der Waals surface area contributed by atoms with Gasteiger partial charge in [-0.25, -0.2) is 8.42 Å². The van der Waals surface area contributed by atoms with E-state index in [4.69, 9.17) is 0 Å². The Labute approximate surface area is 139 Å². The summed E-state index contributed by atoms with van der Waals surface area (Å²) >= 11 is 0. The Hall–Kier alpha value is -1.39. The number of likely N-dealkylation sites (tertiary alicyclic amines) is 1. The molecule has 1 aliphatic rings. The molecule has 4 heteroatoms. The molecule has 1 saturated heterocycles. The fourth-order valence-electron chi connectivity index (χ4n) is 3.58. The van der Waals surface area contributed by atoms with Crippen LogP contribution in [-0.2, 0) is 9.84 Å². The molecule has 2 aromatic carbocycles. The Morgan fingerprint density at radius 2 is 1.61 bits per heavy atom. The lowest BCUT2D eigenvalue weighted by molar-refractivity contribution is -0.920. The molecule has 1 atom stereocenters. The molecule has 0 unspecified atom stereocenters. The fraction of sp³-hybridized carbons (Fsp3) is 0.474. The van der Waals surface area contributed by atoms with Crippen molar-refractivity contribution >= 4 is 20.6 Å². The lowest BCUT2D eigenvalue weighted by atomic mass is 10.1. The van der Waals surface area contributed by atoms with Crippen molar-refractivity contribution in [2.45, 2.75) is 43.5 Å². The van der Waals surface area contributed by atoms with Crippen LogP contribution in [0.5, 0.6) is 0 Å². The predicted molar refractivity (Wildman–Crippen MR) is 94.6 cm³/mol. The van der Waals surface area contributed by atoms with Gasteiger partial charge in [-0.05, 0) is 55.5 Å². The van der Waals surface area contributed by atoms with Crippen LogP contribution in [0.25, 0.3) is 10.8 Å². The molecule has 1 heterocycles. The van der Waals surface area contributed by atoms with Crippen molar-refractivity contribution in [2.24, 2.45) is 0 Å². The minimum atomic E-state index is -3.23. The van der Waals surface area contributed by atoms with Crippen molar-refractivity contribution in [1.29, 1.82) is 0 Å². The second-order valence-electron chi connectivity index (χ2n) is 6.76. The summed E-state index contributed by atoms with van der Waals surface area (Å²) in [4.78, 5) is 1.91. The molecule has 0 radical (unpaired) electrons. The summed E-state index contributed by atoms with van der Waals surface area (Å²) < 4.78 is 25.6. The van der Waals surface area contributed by atoms with Crippen LogP contribution in [0.3, 0.4) is 0 Å². The van der Waals surface area contributed by atoms with Gasteiger partial charge < -0.3 is 4.90 Å². The van der Waals surface area contributed by atoms with Crippen LogP contribution in [-0.4, -0.2) is 33.3 Å². The first-order chi connectivity index (χ1) is 11.1. The average molecular weight is 332 g/mol. The van der Waals surface area contributed by atoms with Gasteiger partial charge in [-0.2, -0.15) is 0 Å². The van der Waals surface area contributed by atoms with E-state index in [1.165, 1.54) is 30.6 Å². The molecular weight excluding hydrogens is 306 g/mol. The lowest BCUT2D eigenvalue weighted by Crippen LogP contribution is -3.15. The monoisotopic (exact) mass is 332 g/mol. The molecule has 23 heavy (non-hydrogen) atoms. The first-order valence-corrected chi connectivity index (χ1v) is 10.3. The zero-order valence-electron chi connectivity index (χ0n) is 13.8. The van der Waals surface area contributed by atoms with Gasteiger partial charge in [0, 0.05) is 0 Å². The summed E-state index contributed by atoms with van der Waals surface area (Å²) in [5, 5.41) is 2.07. The summed E-state index contributed by atoms with van der Waals surface area (Å²) in [6.45, 7) is 4.29. The Morgan fingerprint density at radius 3 is 2.30 bits per heavy atom. The van der Waals surface area contributed by atoms with Gasteiger partial charge in [0.2, 0.25) is 0 Å². The van der Waals surface area contributed by atoms with Crippen molar-refractivity contribution in [3.8, 4) is 0 Å². The normalized spacial score (nSPS) is 18.7. The van der Waals surface area contributed by atoms with Gasteiger partial charge in [0.25, 0.3) is 0 Å². The number of nitrogens with one attached hydrogen (secondary N) is 1. The molecule has 1 N–H and O–H groups in total. The zero-order chi connectivity index (χ0) is 16.3. The van der Waals surface area contributed by atoms with Gasteiger partial charge in [-0.15, -0.1) is 0 Å². The second kappa shape index (κ2) is 7.02. The van der Waals surface area contributed by atoms with E-state index in [0.717, 1.165) is 23.9 Å². The molecule has 0 aliphatic carbocycles. The van der Waals surface area contributed by atoms with Crippen LogP contribution in [0.1, 0.15) is 32.6 Å². The molecule has 0 aromatic heterocycles. The number of quaternary nitrogens is 1. The zero-order valence-corrected chi connectivity index (χ0v) is 14.6. The van der Waals surface area contributed by atoms with E-state index in [2.05, 4.69) is 6.92 Å². The van der Waals surface area contributed by atoms with E-state index in [1.807, 2.05) is 36.4 Å². The van der Waals surface area contributed by atoms with E-state index in [0.29, 0.717) is 4.90 Å². The topological polar surface area (TPSA) is 38.6 Å². The number of rotatable bonds is 4. The maximum absolute atomic E-state index is 12.8. The van der Waals surface area contributed by atoms with Gasteiger partial charge >= 0.3 is 0 Å². The first-order valence-electron chi connectivity index (χ1n) is 8.62. The molecule has 3 rings (SSSR count). The summed E-state index contributed by atoms with van der Waals surface area (Å²) in [7, 11) is -3.23. The van der Waals surface area contributed by atoms with Crippen LogP contribution < -0.4 is 4.90 Å². The Bertz CT molecular complexity index is 762. The van der Waals surface area contributed by atoms with Gasteiger partial charge in [-0.3, -0.25) is 0 Å². The molecule has 0 amide bonds. The summed E-state index contributed by atoms with van der Waals surface area (Å²) in [6, 6.07) is 13.5. The minimum Gasteiger partial charge on any atom is -0.332 e. The third-order valence-corrected chi connectivity index (χ3v) is 6.90. The van der Waals surface area contributed by atoms with Crippen molar-refractivity contribution in [2.75, 3.05) is 18.8 Å². The van der Waals surface area contributed by atoms with Crippen molar-refractivity contribution < 1.29 is 13.3 Å². The standard InChI is InChI=1S/C19H25NO2S/c1-16(20-12-6-2-3-7-13-20)15-23(21,22)19-11-10-17-8-4-5-9-18(17)14-19/h4-5,8-11,14,16H,2-3,6-7,12-13,15H2,1H3/p+1/t16-/m1/s1. The number of hydrogen-bond donors (Lipinski definition) is 1. The first kappa shape index (κ1) is 16.5. The SMILES string of the molecule is C[C@H](CS(=O)(=O)c1ccc2ccccc2c1)[NH+]1CCCCCC1. The average Bonchev–Trinajstić information content (AvgIpc) is 2.83. The highest BCUT2D eigenvalue weighted by atomic mass is 32.2. The highest BCUT2D eigenvalue weighted by Gasteiger charge is 2.26. The highest BCUT2D eigenvalue weighted by molar-refractivity contribution is 7.91. The molecule has 0 saturated carbocycles. The smallest absolute Gasteiger partial charge is 0.184 e. The van der Waals surface area contributed by atoms with E-state index in [-0.39, 0.29) is 11.8 Å². The van der Waals surface area contributed by atoms with Crippen LogP contribution >= 0.6 is 0 Å². The summed E-state index contributed by atoms with van der Waals surface area (Å²) in [5.74, 6) is 0.237. The largest absolute Gasteiger partial charge is 0.332 e. The number of benzene rings is 2. The van der Waals surface area contributed by atoms with Crippen molar-refractivity contribution in [1.82, 2.24) is 0 Å². The van der Waals surface area contributed by atoms with E-state index < -0.39 is 9.84 Å². The van der Waals surface area contributed by atoms with Gasteiger partial charge in [0.1, 0.15) is 5.75 Å². The highest BCUT2D eigenvalue weighted by Crippen LogP contribution is 2.20. The molecule has 3 nitrogen and oxygen atoms in total. The number of fused-ring (bicyclic) bond motifs is 1. The Morgan fingerprint density at radius 1 is 0.957 bits per heavy atom. The molecule has 124 valence electrons. The van der Waals surface area contributed by atoms with E-state index in [9.17, 15) is 8.42 Å². The van der Waals surface area contributed by atoms with Gasteiger partial charge in [0.15, 0.2) is 9.84 Å². The third-order valence-electron chi connectivity index (χ3n) is 4.99. The lowest BCUT2D eigenvalue weighted by Gasteiger charge is -2.24. The van der Waals surface area contributed by atoms with Crippen molar-refractivity contribution in [3.63, 3.8) is 0 Å². The van der Waals surface area contributed by atoms with Crippen LogP contribution in [0.4, 0.5) is 0 Å². The van der Waals surface area contributed by atoms with Crippen LogP contribution in [0.15, 0.2) is 47.4 Å². The fourth-order valence-corrected chi connectivity index (χ4v) is 5.25. The van der Waals surface area contributed by atoms with Gasteiger partial charge in [0.05, 0.1) is 24.0 Å². The maximum Gasteiger partial charge on any atom is 0.184 e. The molecule has 0 bridgehead atoms. The summed E-state index contributed by atoms with van der Waals surface area (Å²) in [5.41, 5.74) is 0. The van der Waals surface area contributed by atoms with E-state index >= 15 is 0 Å². The van der Waals surface area contributed by atoms with Crippen LogP contribution in [0.2, 0.25) is 0 Å². The molecule has 1 fully saturated rings. The minimum absolute atomic E-state index is 0.157.